The first-order valence-corrected chi connectivity index (χ1v) is 3.31. The summed E-state index contributed by atoms with van der Waals surface area (Å²) >= 11 is 0. The molecule has 0 bridgehead atoms. The minimum atomic E-state index is 0.0978. The van der Waals surface area contributed by atoms with Crippen LogP contribution in [0, 0.1) is 5.41 Å². The number of nitrogen functional groups attached to an aromatic ring is 1. The molecule has 0 saturated carbocycles. The average molecular weight is 146 g/mol. The second kappa shape index (κ2) is 3.01. The van der Waals surface area contributed by atoms with E-state index in [0.29, 0.717) is 0 Å². The van der Waals surface area contributed by atoms with Crippen LogP contribution in [0.25, 0.3) is 6.08 Å². The zero-order valence-corrected chi connectivity index (χ0v) is 6.17. The molecule has 3 N–H and O–H groups in total. The normalized spacial score (nSPS) is 9.09. The van der Waals surface area contributed by atoms with E-state index >= 15 is 0 Å². The molecule has 0 spiro atoms. The predicted molar refractivity (Wildman–Crippen MR) is 47.5 cm³/mol. The fraction of sp³-hybridized carbons (Fsp3) is 0. The maximum atomic E-state index is 7.11. The van der Waals surface area contributed by atoms with Crippen LogP contribution in [0.2, 0.25) is 0 Å². The molecule has 0 saturated heterocycles. The third-order valence-corrected chi connectivity index (χ3v) is 1.46. The van der Waals surface area contributed by atoms with Crippen molar-refractivity contribution >= 4 is 11.9 Å². The molecule has 0 aliphatic rings. The van der Waals surface area contributed by atoms with Crippen molar-refractivity contribution in [1.29, 1.82) is 5.41 Å². The van der Waals surface area contributed by atoms with Gasteiger partial charge in [-0.1, -0.05) is 36.9 Å². The molecule has 1 aromatic carbocycles. The Balaban J connectivity index is 3.00. The van der Waals surface area contributed by atoms with Gasteiger partial charge in [0.2, 0.25) is 0 Å². The van der Waals surface area contributed by atoms with Gasteiger partial charge in [-0.3, -0.25) is 5.41 Å². The number of benzene rings is 1. The second-order valence-electron chi connectivity index (χ2n) is 2.24. The summed E-state index contributed by atoms with van der Waals surface area (Å²) in [5.74, 6) is 0.0978. The molecule has 0 radical (unpaired) electrons. The standard InChI is InChI=1S/C9H10N2/c1-2-7-3-5-8(6-4-7)9(10)11/h2-6H,1H2,(H3,10,11). The highest BCUT2D eigenvalue weighted by Gasteiger charge is 1.93. The Morgan fingerprint density at radius 3 is 2.27 bits per heavy atom. The smallest absolute Gasteiger partial charge is 0.122 e. The highest BCUT2D eigenvalue weighted by atomic mass is 14.7. The van der Waals surface area contributed by atoms with Crippen LogP contribution < -0.4 is 5.73 Å². The Kier molecular flexibility index (Phi) is 2.06. The Morgan fingerprint density at radius 2 is 1.91 bits per heavy atom. The van der Waals surface area contributed by atoms with E-state index in [4.69, 9.17) is 11.1 Å². The van der Waals surface area contributed by atoms with Gasteiger partial charge in [0.1, 0.15) is 5.84 Å². The first kappa shape index (κ1) is 7.54. The van der Waals surface area contributed by atoms with E-state index in [1.807, 2.05) is 12.1 Å². The number of rotatable bonds is 2. The first-order valence-electron chi connectivity index (χ1n) is 3.31. The Bertz CT molecular complexity index is 272. The lowest BCUT2D eigenvalue weighted by molar-refractivity contribution is 1.42. The summed E-state index contributed by atoms with van der Waals surface area (Å²) in [5.41, 5.74) is 7.05. The Morgan fingerprint density at radius 1 is 1.36 bits per heavy atom. The number of hydrogen-bond donors (Lipinski definition) is 2. The molecule has 0 fully saturated rings. The van der Waals surface area contributed by atoms with Gasteiger partial charge in [0.15, 0.2) is 0 Å². The summed E-state index contributed by atoms with van der Waals surface area (Å²) in [5, 5.41) is 7.11. The summed E-state index contributed by atoms with van der Waals surface area (Å²) in [6.45, 7) is 3.62. The number of hydrogen-bond acceptors (Lipinski definition) is 1. The molecule has 0 aliphatic carbocycles. The molecule has 0 heterocycles. The SMILES string of the molecule is C=Cc1ccc(C(=N)N)cc1. The average Bonchev–Trinajstić information content (AvgIpc) is 2.05. The van der Waals surface area contributed by atoms with Gasteiger partial charge in [-0.15, -0.1) is 0 Å². The largest absolute Gasteiger partial charge is 0.384 e. The summed E-state index contributed by atoms with van der Waals surface area (Å²) in [4.78, 5) is 0. The highest BCUT2D eigenvalue weighted by Crippen LogP contribution is 2.03. The van der Waals surface area contributed by atoms with Gasteiger partial charge in [-0.25, -0.2) is 0 Å². The number of nitrogens with one attached hydrogen (secondary N) is 1. The number of nitrogens with two attached hydrogens (primary N) is 1. The lowest BCUT2D eigenvalue weighted by atomic mass is 10.1. The van der Waals surface area contributed by atoms with Gasteiger partial charge in [0, 0.05) is 5.56 Å². The van der Waals surface area contributed by atoms with Crippen LogP contribution in [-0.2, 0) is 0 Å². The molecule has 0 aromatic heterocycles. The van der Waals surface area contributed by atoms with Crippen molar-refractivity contribution < 1.29 is 0 Å². The first-order chi connectivity index (χ1) is 5.24. The molecule has 2 nitrogen and oxygen atoms in total. The van der Waals surface area contributed by atoms with Crippen molar-refractivity contribution in [3.63, 3.8) is 0 Å². The number of amidine groups is 1. The third-order valence-electron chi connectivity index (χ3n) is 1.46. The van der Waals surface area contributed by atoms with Gasteiger partial charge in [0.05, 0.1) is 0 Å². The van der Waals surface area contributed by atoms with Crippen LogP contribution in [-0.4, -0.2) is 5.84 Å². The molecule has 0 aliphatic heterocycles. The van der Waals surface area contributed by atoms with Crippen LogP contribution in [0.5, 0.6) is 0 Å². The highest BCUT2D eigenvalue weighted by molar-refractivity contribution is 5.95. The lowest BCUT2D eigenvalue weighted by Crippen LogP contribution is -2.10. The van der Waals surface area contributed by atoms with E-state index in [1.165, 1.54) is 0 Å². The van der Waals surface area contributed by atoms with E-state index < -0.39 is 0 Å². The van der Waals surface area contributed by atoms with Crippen molar-refractivity contribution in [3.8, 4) is 0 Å². The summed E-state index contributed by atoms with van der Waals surface area (Å²) in [7, 11) is 0. The minimum Gasteiger partial charge on any atom is -0.384 e. The third kappa shape index (κ3) is 1.67. The molecule has 0 unspecified atom stereocenters. The molecule has 0 amide bonds. The van der Waals surface area contributed by atoms with Gasteiger partial charge >= 0.3 is 0 Å². The van der Waals surface area contributed by atoms with Crippen molar-refractivity contribution in [2.45, 2.75) is 0 Å². The fourth-order valence-corrected chi connectivity index (χ4v) is 0.799. The summed E-state index contributed by atoms with van der Waals surface area (Å²) in [6, 6.07) is 7.37. The summed E-state index contributed by atoms with van der Waals surface area (Å²) < 4.78 is 0. The lowest BCUT2D eigenvalue weighted by Gasteiger charge is -1.97. The van der Waals surface area contributed by atoms with Crippen molar-refractivity contribution in [1.82, 2.24) is 0 Å². The minimum absolute atomic E-state index is 0.0978. The van der Waals surface area contributed by atoms with Crippen LogP contribution in [0.1, 0.15) is 11.1 Å². The van der Waals surface area contributed by atoms with E-state index in [1.54, 1.807) is 18.2 Å². The monoisotopic (exact) mass is 146 g/mol. The van der Waals surface area contributed by atoms with Gasteiger partial charge < -0.3 is 5.73 Å². The van der Waals surface area contributed by atoms with Crippen LogP contribution in [0.4, 0.5) is 0 Å². The molecule has 0 atom stereocenters. The topological polar surface area (TPSA) is 49.9 Å². The Labute approximate surface area is 65.9 Å². The maximum Gasteiger partial charge on any atom is 0.122 e. The molecule has 1 rings (SSSR count). The predicted octanol–water partition coefficient (Wildman–Crippen LogP) is 1.61. The maximum absolute atomic E-state index is 7.11. The van der Waals surface area contributed by atoms with Gasteiger partial charge in [0.25, 0.3) is 0 Å². The molecule has 2 heteroatoms. The zero-order chi connectivity index (χ0) is 8.27. The Hall–Kier alpha value is -1.57. The van der Waals surface area contributed by atoms with E-state index in [9.17, 15) is 0 Å². The van der Waals surface area contributed by atoms with Gasteiger partial charge in [-0.2, -0.15) is 0 Å². The van der Waals surface area contributed by atoms with Crippen LogP contribution in [0.3, 0.4) is 0 Å². The molecule has 56 valence electrons. The molecular weight excluding hydrogens is 136 g/mol. The van der Waals surface area contributed by atoms with E-state index in [0.717, 1.165) is 11.1 Å². The zero-order valence-electron chi connectivity index (χ0n) is 6.17. The van der Waals surface area contributed by atoms with E-state index in [2.05, 4.69) is 6.58 Å². The van der Waals surface area contributed by atoms with Crippen molar-refractivity contribution in [2.75, 3.05) is 0 Å². The van der Waals surface area contributed by atoms with E-state index in [-0.39, 0.29) is 5.84 Å². The quantitative estimate of drug-likeness (QED) is 0.483. The molecular formula is C9H10N2. The van der Waals surface area contributed by atoms with Crippen molar-refractivity contribution in [3.05, 3.63) is 42.0 Å². The van der Waals surface area contributed by atoms with Gasteiger partial charge in [-0.05, 0) is 5.56 Å². The molecule has 11 heavy (non-hydrogen) atoms. The van der Waals surface area contributed by atoms with Crippen LogP contribution >= 0.6 is 0 Å². The van der Waals surface area contributed by atoms with Crippen molar-refractivity contribution in [2.24, 2.45) is 5.73 Å². The second-order valence-corrected chi connectivity index (χ2v) is 2.24. The summed E-state index contributed by atoms with van der Waals surface area (Å²) in [6.07, 6.45) is 1.75. The fourth-order valence-electron chi connectivity index (χ4n) is 0.799. The molecule has 1 aromatic rings. The van der Waals surface area contributed by atoms with Crippen LogP contribution in [0.15, 0.2) is 30.8 Å².